The van der Waals surface area contributed by atoms with Crippen molar-refractivity contribution in [2.45, 2.75) is 12.8 Å². The standard InChI is InChI=1S/C15H21N3O4/c1-22-15(19)3-2-8-16-9-11-17(12-10-16)13-4-6-14(7-5-13)18(20)21/h4-7H,2-3,8-12H2,1H3. The van der Waals surface area contributed by atoms with Gasteiger partial charge in [0.15, 0.2) is 0 Å². The monoisotopic (exact) mass is 307 g/mol. The summed E-state index contributed by atoms with van der Waals surface area (Å²) in [4.78, 5) is 25.9. The predicted molar refractivity (Wildman–Crippen MR) is 83.0 cm³/mol. The molecule has 1 aliphatic heterocycles. The molecule has 0 bridgehead atoms. The van der Waals surface area contributed by atoms with Crippen molar-refractivity contribution >= 4 is 17.3 Å². The van der Waals surface area contributed by atoms with E-state index in [9.17, 15) is 14.9 Å². The van der Waals surface area contributed by atoms with Gasteiger partial charge in [0, 0.05) is 50.4 Å². The molecule has 0 spiro atoms. The molecule has 1 heterocycles. The van der Waals surface area contributed by atoms with E-state index in [0.29, 0.717) is 6.42 Å². The average molecular weight is 307 g/mol. The topological polar surface area (TPSA) is 75.9 Å². The number of carbonyl (C=O) groups excluding carboxylic acids is 1. The molecule has 0 N–H and O–H groups in total. The average Bonchev–Trinajstić information content (AvgIpc) is 2.55. The zero-order valence-corrected chi connectivity index (χ0v) is 12.7. The van der Waals surface area contributed by atoms with Gasteiger partial charge in [-0.1, -0.05) is 0 Å². The van der Waals surface area contributed by atoms with Gasteiger partial charge in [-0.15, -0.1) is 0 Å². The molecular weight excluding hydrogens is 286 g/mol. The van der Waals surface area contributed by atoms with Crippen LogP contribution in [-0.2, 0) is 9.53 Å². The van der Waals surface area contributed by atoms with Crippen LogP contribution in [0, 0.1) is 10.1 Å². The van der Waals surface area contributed by atoms with E-state index in [4.69, 9.17) is 0 Å². The highest BCUT2D eigenvalue weighted by atomic mass is 16.6. The Kier molecular flexibility index (Phi) is 5.71. The van der Waals surface area contributed by atoms with Crippen LogP contribution in [0.4, 0.5) is 11.4 Å². The Morgan fingerprint density at radius 2 is 1.86 bits per heavy atom. The van der Waals surface area contributed by atoms with E-state index < -0.39 is 0 Å². The van der Waals surface area contributed by atoms with Crippen LogP contribution in [0.1, 0.15) is 12.8 Å². The summed E-state index contributed by atoms with van der Waals surface area (Å²) in [7, 11) is 1.41. The number of rotatable bonds is 6. The molecule has 0 saturated carbocycles. The fourth-order valence-electron chi connectivity index (χ4n) is 2.56. The number of nitro groups is 1. The molecule has 7 heteroatoms. The van der Waals surface area contributed by atoms with Gasteiger partial charge in [-0.3, -0.25) is 19.8 Å². The maximum absolute atomic E-state index is 11.1. The van der Waals surface area contributed by atoms with Crippen LogP contribution in [0.5, 0.6) is 0 Å². The Balaban J connectivity index is 1.77. The number of carbonyl (C=O) groups is 1. The number of benzene rings is 1. The second-order valence-electron chi connectivity index (χ2n) is 5.28. The van der Waals surface area contributed by atoms with Gasteiger partial charge in [-0.2, -0.15) is 0 Å². The number of hydrogen-bond acceptors (Lipinski definition) is 6. The molecule has 0 aromatic heterocycles. The smallest absolute Gasteiger partial charge is 0.305 e. The number of nitro benzene ring substituents is 1. The van der Waals surface area contributed by atoms with Crippen LogP contribution < -0.4 is 4.90 Å². The molecule has 0 atom stereocenters. The second-order valence-corrected chi connectivity index (χ2v) is 5.28. The molecule has 7 nitrogen and oxygen atoms in total. The fourth-order valence-corrected chi connectivity index (χ4v) is 2.56. The number of anilines is 1. The van der Waals surface area contributed by atoms with Gasteiger partial charge in [0.1, 0.15) is 0 Å². The Hall–Kier alpha value is -2.15. The number of hydrogen-bond donors (Lipinski definition) is 0. The molecule has 0 aliphatic carbocycles. The van der Waals surface area contributed by atoms with Crippen molar-refractivity contribution in [3.05, 3.63) is 34.4 Å². The molecule has 1 aromatic carbocycles. The molecule has 0 radical (unpaired) electrons. The van der Waals surface area contributed by atoms with Gasteiger partial charge in [-0.25, -0.2) is 0 Å². The van der Waals surface area contributed by atoms with Gasteiger partial charge in [0.2, 0.25) is 0 Å². The summed E-state index contributed by atoms with van der Waals surface area (Å²) in [6.07, 6.45) is 1.27. The number of esters is 1. The molecule has 1 fully saturated rings. The van der Waals surface area contributed by atoms with Gasteiger partial charge in [-0.05, 0) is 25.1 Å². The van der Waals surface area contributed by atoms with Crippen LogP contribution in [0.3, 0.4) is 0 Å². The van der Waals surface area contributed by atoms with Crippen LogP contribution in [-0.4, -0.2) is 55.6 Å². The molecule has 120 valence electrons. The van der Waals surface area contributed by atoms with Gasteiger partial charge in [0.05, 0.1) is 12.0 Å². The number of non-ortho nitro benzene ring substituents is 1. The van der Waals surface area contributed by atoms with E-state index >= 15 is 0 Å². The lowest BCUT2D eigenvalue weighted by atomic mass is 10.2. The summed E-state index contributed by atoms with van der Waals surface area (Å²) in [5.74, 6) is -0.162. The summed E-state index contributed by atoms with van der Waals surface area (Å²) < 4.78 is 4.63. The summed E-state index contributed by atoms with van der Waals surface area (Å²) >= 11 is 0. The van der Waals surface area contributed by atoms with Crippen molar-refractivity contribution < 1.29 is 14.5 Å². The maximum atomic E-state index is 11.1. The van der Waals surface area contributed by atoms with Crippen molar-refractivity contribution in [3.8, 4) is 0 Å². The Morgan fingerprint density at radius 1 is 1.23 bits per heavy atom. The van der Waals surface area contributed by atoms with Crippen LogP contribution in [0.15, 0.2) is 24.3 Å². The first-order valence-corrected chi connectivity index (χ1v) is 7.38. The zero-order chi connectivity index (χ0) is 15.9. The van der Waals surface area contributed by atoms with E-state index in [-0.39, 0.29) is 16.6 Å². The summed E-state index contributed by atoms with van der Waals surface area (Å²) in [6, 6.07) is 6.67. The second kappa shape index (κ2) is 7.74. The first-order chi connectivity index (χ1) is 10.6. The predicted octanol–water partition coefficient (Wildman–Crippen LogP) is 1.67. The highest BCUT2D eigenvalue weighted by Gasteiger charge is 2.17. The molecule has 0 amide bonds. The molecule has 2 rings (SSSR count). The number of nitrogens with zero attached hydrogens (tertiary/aromatic N) is 3. The van der Waals surface area contributed by atoms with Gasteiger partial charge >= 0.3 is 5.97 Å². The lowest BCUT2D eigenvalue weighted by Crippen LogP contribution is -2.46. The molecule has 0 unspecified atom stereocenters. The quantitative estimate of drug-likeness (QED) is 0.452. The first kappa shape index (κ1) is 16.2. The van der Waals surface area contributed by atoms with Gasteiger partial charge in [0.25, 0.3) is 5.69 Å². The van der Waals surface area contributed by atoms with Crippen molar-refractivity contribution in [1.82, 2.24) is 4.90 Å². The zero-order valence-electron chi connectivity index (χ0n) is 12.7. The Morgan fingerprint density at radius 3 is 2.41 bits per heavy atom. The normalized spacial score (nSPS) is 15.6. The van der Waals surface area contributed by atoms with E-state index in [1.165, 1.54) is 19.2 Å². The molecule has 1 aromatic rings. The largest absolute Gasteiger partial charge is 0.469 e. The lowest BCUT2D eigenvalue weighted by Gasteiger charge is -2.36. The molecule has 1 aliphatic rings. The minimum absolute atomic E-state index is 0.116. The molecule has 22 heavy (non-hydrogen) atoms. The number of ether oxygens (including phenoxy) is 1. The van der Waals surface area contributed by atoms with E-state index in [2.05, 4.69) is 14.5 Å². The third-order valence-electron chi connectivity index (χ3n) is 3.88. The first-order valence-electron chi connectivity index (χ1n) is 7.38. The third-order valence-corrected chi connectivity index (χ3v) is 3.88. The van der Waals surface area contributed by atoms with Gasteiger partial charge < -0.3 is 9.64 Å². The van der Waals surface area contributed by atoms with E-state index in [0.717, 1.165) is 44.8 Å². The number of piperazine rings is 1. The minimum Gasteiger partial charge on any atom is -0.469 e. The van der Waals surface area contributed by atoms with Crippen molar-refractivity contribution in [2.75, 3.05) is 44.7 Å². The SMILES string of the molecule is COC(=O)CCCN1CCN(c2ccc([N+](=O)[O-])cc2)CC1. The Bertz CT molecular complexity index is 510. The summed E-state index contributed by atoms with van der Waals surface area (Å²) in [6.45, 7) is 4.52. The molecular formula is C15H21N3O4. The highest BCUT2D eigenvalue weighted by molar-refractivity contribution is 5.69. The van der Waals surface area contributed by atoms with Crippen molar-refractivity contribution in [2.24, 2.45) is 0 Å². The lowest BCUT2D eigenvalue weighted by molar-refractivity contribution is -0.384. The highest BCUT2D eigenvalue weighted by Crippen LogP contribution is 2.20. The van der Waals surface area contributed by atoms with Crippen molar-refractivity contribution in [1.29, 1.82) is 0 Å². The van der Waals surface area contributed by atoms with Crippen LogP contribution in [0.25, 0.3) is 0 Å². The summed E-state index contributed by atoms with van der Waals surface area (Å²) in [5, 5.41) is 10.7. The fraction of sp³-hybridized carbons (Fsp3) is 0.533. The third kappa shape index (κ3) is 4.42. The van der Waals surface area contributed by atoms with Crippen LogP contribution >= 0.6 is 0 Å². The van der Waals surface area contributed by atoms with Crippen LogP contribution in [0.2, 0.25) is 0 Å². The Labute approximate surface area is 129 Å². The van der Waals surface area contributed by atoms with Crippen molar-refractivity contribution in [3.63, 3.8) is 0 Å². The molecule has 1 saturated heterocycles. The van der Waals surface area contributed by atoms with E-state index in [1.54, 1.807) is 12.1 Å². The summed E-state index contributed by atoms with van der Waals surface area (Å²) in [5.41, 5.74) is 1.13. The minimum atomic E-state index is -0.386. The number of methoxy groups -OCH3 is 1. The maximum Gasteiger partial charge on any atom is 0.305 e. The van der Waals surface area contributed by atoms with E-state index in [1.807, 2.05) is 0 Å².